The largest absolute Gasteiger partial charge is 0.334 e. The molecule has 2 heterocycles. The van der Waals surface area contributed by atoms with E-state index in [1.54, 1.807) is 11.3 Å². The Labute approximate surface area is 125 Å². The molecular formula is C14H21ClN2OS. The number of nitrogens with one attached hydrogen (secondary N) is 1. The minimum Gasteiger partial charge on any atom is -0.334 e. The molecule has 1 amide bonds. The maximum atomic E-state index is 12.5. The van der Waals surface area contributed by atoms with Crippen molar-refractivity contribution in [3.05, 3.63) is 35.0 Å². The average molecular weight is 301 g/mol. The number of carbonyl (C=O) groups is 1. The zero-order chi connectivity index (χ0) is 12.8. The van der Waals surface area contributed by atoms with Crippen LogP contribution >= 0.6 is 23.7 Å². The molecule has 1 aliphatic rings. The van der Waals surface area contributed by atoms with E-state index in [2.05, 4.69) is 23.3 Å². The average Bonchev–Trinajstić information content (AvgIpc) is 2.91. The maximum absolute atomic E-state index is 12.5. The molecule has 0 radical (unpaired) electrons. The van der Waals surface area contributed by atoms with E-state index in [1.165, 1.54) is 4.88 Å². The molecule has 1 saturated heterocycles. The molecule has 1 N–H and O–H groups in total. The van der Waals surface area contributed by atoms with Gasteiger partial charge in [0.2, 0.25) is 5.91 Å². The lowest BCUT2D eigenvalue weighted by Crippen LogP contribution is -2.40. The molecule has 0 atom stereocenters. The minimum atomic E-state index is 0. The molecule has 0 spiro atoms. The number of hydrogen-bond acceptors (Lipinski definition) is 3. The van der Waals surface area contributed by atoms with Crippen molar-refractivity contribution in [2.75, 3.05) is 19.6 Å². The number of nitrogens with zero attached hydrogens (tertiary/aromatic N) is 1. The van der Waals surface area contributed by atoms with Gasteiger partial charge in [-0.3, -0.25) is 4.79 Å². The van der Waals surface area contributed by atoms with Gasteiger partial charge in [0.05, 0.1) is 6.54 Å². The van der Waals surface area contributed by atoms with Gasteiger partial charge in [0, 0.05) is 17.3 Å². The van der Waals surface area contributed by atoms with Gasteiger partial charge in [0.15, 0.2) is 0 Å². The first-order valence-corrected chi connectivity index (χ1v) is 7.32. The summed E-state index contributed by atoms with van der Waals surface area (Å²) < 4.78 is 0. The molecule has 0 aromatic carbocycles. The van der Waals surface area contributed by atoms with E-state index in [1.807, 2.05) is 17.0 Å². The predicted molar refractivity (Wildman–Crippen MR) is 82.8 cm³/mol. The van der Waals surface area contributed by atoms with Crippen LogP contribution in [0.4, 0.5) is 0 Å². The Bertz CT molecular complexity index is 388. The summed E-state index contributed by atoms with van der Waals surface area (Å²) in [5.41, 5.74) is 0. The number of hydrogen-bond donors (Lipinski definition) is 1. The Morgan fingerprint density at radius 1 is 1.53 bits per heavy atom. The fourth-order valence-electron chi connectivity index (χ4n) is 2.31. The molecule has 5 heteroatoms. The Balaban J connectivity index is 0.00000180. The predicted octanol–water partition coefficient (Wildman–Crippen LogP) is 2.68. The summed E-state index contributed by atoms with van der Waals surface area (Å²) in [6.45, 7) is 7.02. The normalized spacial score (nSPS) is 15.6. The first-order valence-electron chi connectivity index (χ1n) is 6.44. The molecule has 19 heavy (non-hydrogen) atoms. The minimum absolute atomic E-state index is 0. The van der Waals surface area contributed by atoms with Crippen LogP contribution in [0.3, 0.4) is 0 Å². The summed E-state index contributed by atoms with van der Waals surface area (Å²) in [6, 6.07) is 4.11. The van der Waals surface area contributed by atoms with E-state index in [4.69, 9.17) is 0 Å². The Hall–Kier alpha value is -0.840. The topological polar surface area (TPSA) is 32.3 Å². The van der Waals surface area contributed by atoms with Crippen molar-refractivity contribution in [3.63, 3.8) is 0 Å². The van der Waals surface area contributed by atoms with Gasteiger partial charge < -0.3 is 10.2 Å². The third-order valence-corrected chi connectivity index (χ3v) is 4.14. The third kappa shape index (κ3) is 4.64. The highest BCUT2D eigenvalue weighted by Crippen LogP contribution is 2.18. The van der Waals surface area contributed by atoms with E-state index in [-0.39, 0.29) is 24.2 Å². The fraction of sp³-hybridized carbons (Fsp3) is 0.500. The highest BCUT2D eigenvalue weighted by Gasteiger charge is 2.25. The number of amides is 1. The van der Waals surface area contributed by atoms with Crippen molar-refractivity contribution < 1.29 is 4.79 Å². The summed E-state index contributed by atoms with van der Waals surface area (Å²) in [6.07, 6.45) is 3.72. The molecule has 0 saturated carbocycles. The summed E-state index contributed by atoms with van der Waals surface area (Å²) in [5.74, 6) is 0.468. The third-order valence-electron chi connectivity index (χ3n) is 3.28. The van der Waals surface area contributed by atoms with E-state index >= 15 is 0 Å². The van der Waals surface area contributed by atoms with Crippen LogP contribution in [0.15, 0.2) is 30.2 Å². The standard InChI is InChI=1S/C14H20N2OS.ClH/c1-2-9-16(11-13-4-3-10-18-13)14(17)12-5-7-15-8-6-12;/h2-4,10,12,15H,1,5-9,11H2;1H. The molecule has 2 rings (SSSR count). The molecular weight excluding hydrogens is 280 g/mol. The highest BCUT2D eigenvalue weighted by atomic mass is 35.5. The van der Waals surface area contributed by atoms with Crippen LogP contribution in [-0.2, 0) is 11.3 Å². The number of carbonyl (C=O) groups excluding carboxylic acids is 1. The lowest BCUT2D eigenvalue weighted by atomic mass is 9.96. The Morgan fingerprint density at radius 2 is 2.26 bits per heavy atom. The van der Waals surface area contributed by atoms with Crippen LogP contribution < -0.4 is 5.32 Å². The lowest BCUT2D eigenvalue weighted by Gasteiger charge is -2.28. The fourth-order valence-corrected chi connectivity index (χ4v) is 3.03. The summed E-state index contributed by atoms with van der Waals surface area (Å²) in [5, 5.41) is 5.35. The van der Waals surface area contributed by atoms with Crippen LogP contribution in [0.1, 0.15) is 17.7 Å². The lowest BCUT2D eigenvalue weighted by molar-refractivity contribution is -0.136. The molecule has 0 unspecified atom stereocenters. The van der Waals surface area contributed by atoms with Crippen molar-refractivity contribution >= 4 is 29.7 Å². The first-order chi connectivity index (χ1) is 8.81. The van der Waals surface area contributed by atoms with Crippen molar-refractivity contribution in [2.24, 2.45) is 5.92 Å². The van der Waals surface area contributed by atoms with Crippen LogP contribution in [0.5, 0.6) is 0 Å². The number of piperidine rings is 1. The van der Waals surface area contributed by atoms with Crippen LogP contribution in [0.2, 0.25) is 0 Å². The number of rotatable bonds is 5. The van der Waals surface area contributed by atoms with Crippen LogP contribution in [0, 0.1) is 5.92 Å². The van der Waals surface area contributed by atoms with Gasteiger partial charge in [-0.15, -0.1) is 30.3 Å². The van der Waals surface area contributed by atoms with Crippen LogP contribution in [-0.4, -0.2) is 30.4 Å². The molecule has 106 valence electrons. The Kier molecular flexibility index (Phi) is 7.13. The van der Waals surface area contributed by atoms with E-state index < -0.39 is 0 Å². The van der Waals surface area contributed by atoms with Gasteiger partial charge in [0.25, 0.3) is 0 Å². The van der Waals surface area contributed by atoms with Gasteiger partial charge in [-0.1, -0.05) is 12.1 Å². The monoisotopic (exact) mass is 300 g/mol. The second-order valence-corrected chi connectivity index (χ2v) is 5.64. The van der Waals surface area contributed by atoms with Crippen molar-refractivity contribution in [3.8, 4) is 0 Å². The molecule has 1 aliphatic heterocycles. The summed E-state index contributed by atoms with van der Waals surface area (Å²) in [4.78, 5) is 15.6. The zero-order valence-electron chi connectivity index (χ0n) is 11.0. The maximum Gasteiger partial charge on any atom is 0.226 e. The Morgan fingerprint density at radius 3 is 2.84 bits per heavy atom. The molecule has 3 nitrogen and oxygen atoms in total. The highest BCUT2D eigenvalue weighted by molar-refractivity contribution is 7.09. The second kappa shape index (κ2) is 8.35. The summed E-state index contributed by atoms with van der Waals surface area (Å²) >= 11 is 1.70. The zero-order valence-corrected chi connectivity index (χ0v) is 12.6. The van der Waals surface area contributed by atoms with E-state index in [9.17, 15) is 4.79 Å². The van der Waals surface area contributed by atoms with Gasteiger partial charge in [-0.05, 0) is 37.4 Å². The smallest absolute Gasteiger partial charge is 0.226 e. The molecule has 1 aromatic heterocycles. The number of thiophene rings is 1. The van der Waals surface area contributed by atoms with Crippen molar-refractivity contribution in [2.45, 2.75) is 19.4 Å². The van der Waals surface area contributed by atoms with E-state index in [0.29, 0.717) is 13.1 Å². The van der Waals surface area contributed by atoms with Gasteiger partial charge in [0.1, 0.15) is 0 Å². The van der Waals surface area contributed by atoms with Gasteiger partial charge in [-0.2, -0.15) is 0 Å². The van der Waals surface area contributed by atoms with E-state index in [0.717, 1.165) is 25.9 Å². The second-order valence-electron chi connectivity index (χ2n) is 4.61. The molecule has 0 aliphatic carbocycles. The molecule has 1 aromatic rings. The molecule has 0 bridgehead atoms. The summed E-state index contributed by atoms with van der Waals surface area (Å²) in [7, 11) is 0. The van der Waals surface area contributed by atoms with Crippen molar-refractivity contribution in [1.29, 1.82) is 0 Å². The number of halogens is 1. The quantitative estimate of drug-likeness (QED) is 0.848. The first kappa shape index (κ1) is 16.2. The van der Waals surface area contributed by atoms with Gasteiger partial charge in [-0.25, -0.2) is 0 Å². The van der Waals surface area contributed by atoms with Crippen LogP contribution in [0.25, 0.3) is 0 Å². The SMILES string of the molecule is C=CCN(Cc1cccs1)C(=O)C1CCNCC1.Cl. The van der Waals surface area contributed by atoms with Crippen molar-refractivity contribution in [1.82, 2.24) is 10.2 Å². The van der Waals surface area contributed by atoms with Gasteiger partial charge >= 0.3 is 0 Å². The molecule has 1 fully saturated rings.